The lowest BCUT2D eigenvalue weighted by Gasteiger charge is -2.20. The summed E-state index contributed by atoms with van der Waals surface area (Å²) in [5.41, 5.74) is 2.61. The van der Waals surface area contributed by atoms with Gasteiger partial charge in [0.05, 0.1) is 13.1 Å². The van der Waals surface area contributed by atoms with Gasteiger partial charge in [-0.05, 0) is 33.3 Å². The molecule has 1 aromatic carbocycles. The third kappa shape index (κ3) is 4.17. The molecule has 0 radical (unpaired) electrons. The molecule has 1 aromatic heterocycles. The molecule has 0 unspecified atom stereocenters. The molecule has 0 aliphatic heterocycles. The molecule has 0 spiro atoms. The average molecular weight is 258 g/mol. The van der Waals surface area contributed by atoms with Crippen LogP contribution in [0.15, 0.2) is 30.6 Å². The molecule has 102 valence electrons. The lowest BCUT2D eigenvalue weighted by Crippen LogP contribution is -2.36. The monoisotopic (exact) mass is 258 g/mol. The van der Waals surface area contributed by atoms with Crippen molar-refractivity contribution < 1.29 is 0 Å². The van der Waals surface area contributed by atoms with Crippen molar-refractivity contribution in [1.82, 2.24) is 20.1 Å². The Balaban J connectivity index is 2.07. The van der Waals surface area contributed by atoms with Crippen molar-refractivity contribution in [3.8, 4) is 0 Å². The molecule has 0 atom stereocenters. The Morgan fingerprint density at radius 3 is 2.74 bits per heavy atom. The van der Waals surface area contributed by atoms with Crippen LogP contribution in [-0.2, 0) is 13.1 Å². The quantitative estimate of drug-likeness (QED) is 0.916. The first-order chi connectivity index (χ1) is 8.94. The summed E-state index contributed by atoms with van der Waals surface area (Å²) in [5, 5.41) is 7.75. The van der Waals surface area contributed by atoms with Crippen molar-refractivity contribution in [2.24, 2.45) is 0 Å². The highest BCUT2D eigenvalue weighted by Gasteiger charge is 2.11. The smallest absolute Gasteiger partial charge is 0.141 e. The highest BCUT2D eigenvalue weighted by atomic mass is 15.3. The number of aryl methyl sites for hydroxylation is 1. The molecule has 1 N–H and O–H groups in total. The van der Waals surface area contributed by atoms with Crippen molar-refractivity contribution in [3.05, 3.63) is 47.5 Å². The minimum atomic E-state index is 0.0834. The Labute approximate surface area is 114 Å². The molecule has 0 aliphatic rings. The predicted molar refractivity (Wildman–Crippen MR) is 76.9 cm³/mol. The number of hydrogen-bond donors (Lipinski definition) is 1. The molecule has 2 aromatic rings. The number of nitrogens with zero attached hydrogens (tertiary/aromatic N) is 3. The first-order valence-electron chi connectivity index (χ1n) is 6.61. The van der Waals surface area contributed by atoms with Crippen LogP contribution in [0.5, 0.6) is 0 Å². The SMILES string of the molecule is Cc1cccc(Cn2ncnc2CNC(C)(C)C)c1. The molecule has 2 rings (SSSR count). The van der Waals surface area contributed by atoms with Gasteiger partial charge in [-0.1, -0.05) is 29.8 Å². The van der Waals surface area contributed by atoms with Crippen molar-refractivity contribution in [3.63, 3.8) is 0 Å². The summed E-state index contributed by atoms with van der Waals surface area (Å²) in [6.07, 6.45) is 1.62. The first kappa shape index (κ1) is 13.7. The molecule has 0 bridgehead atoms. The van der Waals surface area contributed by atoms with Gasteiger partial charge in [0.25, 0.3) is 0 Å². The fourth-order valence-electron chi connectivity index (χ4n) is 1.88. The lowest BCUT2D eigenvalue weighted by atomic mass is 10.1. The molecule has 0 saturated carbocycles. The summed E-state index contributed by atoms with van der Waals surface area (Å²) < 4.78 is 1.95. The van der Waals surface area contributed by atoms with Crippen LogP contribution >= 0.6 is 0 Å². The maximum Gasteiger partial charge on any atom is 0.141 e. The minimum absolute atomic E-state index is 0.0834. The predicted octanol–water partition coefficient (Wildman–Crippen LogP) is 2.52. The maximum atomic E-state index is 4.33. The zero-order chi connectivity index (χ0) is 13.9. The molecule has 19 heavy (non-hydrogen) atoms. The maximum absolute atomic E-state index is 4.33. The molecule has 0 aliphatic carbocycles. The molecule has 0 saturated heterocycles. The second kappa shape index (κ2) is 5.53. The zero-order valence-electron chi connectivity index (χ0n) is 12.1. The van der Waals surface area contributed by atoms with E-state index < -0.39 is 0 Å². The van der Waals surface area contributed by atoms with E-state index in [1.807, 2.05) is 4.68 Å². The molecule has 0 fully saturated rings. The van der Waals surface area contributed by atoms with E-state index in [1.165, 1.54) is 11.1 Å². The van der Waals surface area contributed by atoms with E-state index in [1.54, 1.807) is 6.33 Å². The van der Waals surface area contributed by atoms with Crippen LogP contribution in [0, 0.1) is 6.92 Å². The van der Waals surface area contributed by atoms with E-state index in [-0.39, 0.29) is 5.54 Å². The Morgan fingerprint density at radius 2 is 2.05 bits per heavy atom. The third-order valence-electron chi connectivity index (χ3n) is 2.89. The highest BCUT2D eigenvalue weighted by Crippen LogP contribution is 2.08. The van der Waals surface area contributed by atoms with E-state index in [4.69, 9.17) is 0 Å². The molecular weight excluding hydrogens is 236 g/mol. The van der Waals surface area contributed by atoms with Gasteiger partial charge in [-0.3, -0.25) is 0 Å². The largest absolute Gasteiger partial charge is 0.305 e. The van der Waals surface area contributed by atoms with E-state index in [0.717, 1.165) is 18.9 Å². The van der Waals surface area contributed by atoms with E-state index in [0.29, 0.717) is 0 Å². The van der Waals surface area contributed by atoms with Gasteiger partial charge in [-0.15, -0.1) is 0 Å². The van der Waals surface area contributed by atoms with E-state index >= 15 is 0 Å². The van der Waals surface area contributed by atoms with Gasteiger partial charge in [0.1, 0.15) is 12.2 Å². The van der Waals surface area contributed by atoms with Crippen LogP contribution in [-0.4, -0.2) is 20.3 Å². The molecular formula is C15H22N4. The van der Waals surface area contributed by atoms with Crippen LogP contribution in [0.2, 0.25) is 0 Å². The second-order valence-electron chi connectivity index (χ2n) is 5.93. The molecule has 0 amide bonds. The summed E-state index contributed by atoms with van der Waals surface area (Å²) in [6, 6.07) is 8.49. The number of rotatable bonds is 4. The van der Waals surface area contributed by atoms with E-state index in [2.05, 4.69) is 67.4 Å². The Morgan fingerprint density at radius 1 is 1.26 bits per heavy atom. The minimum Gasteiger partial charge on any atom is -0.305 e. The molecule has 4 nitrogen and oxygen atoms in total. The Hall–Kier alpha value is -1.68. The Kier molecular flexibility index (Phi) is 4.00. The summed E-state index contributed by atoms with van der Waals surface area (Å²) in [7, 11) is 0. The third-order valence-corrected chi connectivity index (χ3v) is 2.89. The summed E-state index contributed by atoms with van der Waals surface area (Å²) in [6.45, 7) is 10.0. The van der Waals surface area contributed by atoms with Gasteiger partial charge in [0, 0.05) is 5.54 Å². The van der Waals surface area contributed by atoms with Gasteiger partial charge in [0.15, 0.2) is 0 Å². The fraction of sp³-hybridized carbons (Fsp3) is 0.467. The van der Waals surface area contributed by atoms with E-state index in [9.17, 15) is 0 Å². The van der Waals surface area contributed by atoms with Crippen LogP contribution in [0.4, 0.5) is 0 Å². The average Bonchev–Trinajstić information content (AvgIpc) is 2.73. The van der Waals surface area contributed by atoms with Crippen LogP contribution in [0.25, 0.3) is 0 Å². The van der Waals surface area contributed by atoms with Crippen molar-refractivity contribution in [2.75, 3.05) is 0 Å². The van der Waals surface area contributed by atoms with Gasteiger partial charge in [0.2, 0.25) is 0 Å². The Bertz CT molecular complexity index is 537. The standard InChI is InChI=1S/C15H22N4/c1-12-6-5-7-13(8-12)10-19-14(16-11-18-19)9-17-15(2,3)4/h5-8,11,17H,9-10H2,1-4H3. The van der Waals surface area contributed by atoms with Gasteiger partial charge in [-0.2, -0.15) is 5.10 Å². The van der Waals surface area contributed by atoms with Gasteiger partial charge in [-0.25, -0.2) is 9.67 Å². The summed E-state index contributed by atoms with van der Waals surface area (Å²) in [4.78, 5) is 4.33. The number of benzene rings is 1. The van der Waals surface area contributed by atoms with Crippen LogP contribution < -0.4 is 5.32 Å². The zero-order valence-corrected chi connectivity index (χ0v) is 12.1. The molecule has 4 heteroatoms. The lowest BCUT2D eigenvalue weighted by molar-refractivity contribution is 0.410. The number of nitrogens with one attached hydrogen (secondary N) is 1. The van der Waals surface area contributed by atoms with Crippen molar-refractivity contribution >= 4 is 0 Å². The summed E-state index contributed by atoms with van der Waals surface area (Å²) in [5.74, 6) is 0.969. The normalized spacial score (nSPS) is 11.8. The second-order valence-corrected chi connectivity index (χ2v) is 5.93. The van der Waals surface area contributed by atoms with Crippen LogP contribution in [0.3, 0.4) is 0 Å². The number of aromatic nitrogens is 3. The summed E-state index contributed by atoms with van der Waals surface area (Å²) >= 11 is 0. The highest BCUT2D eigenvalue weighted by molar-refractivity contribution is 5.22. The topological polar surface area (TPSA) is 42.7 Å². The van der Waals surface area contributed by atoms with Crippen molar-refractivity contribution in [1.29, 1.82) is 0 Å². The van der Waals surface area contributed by atoms with Crippen molar-refractivity contribution in [2.45, 2.75) is 46.3 Å². The first-order valence-corrected chi connectivity index (χ1v) is 6.61. The van der Waals surface area contributed by atoms with Gasteiger partial charge < -0.3 is 5.32 Å². The molecule has 1 heterocycles. The number of hydrogen-bond acceptors (Lipinski definition) is 3. The van der Waals surface area contributed by atoms with Crippen LogP contribution in [0.1, 0.15) is 37.7 Å². The van der Waals surface area contributed by atoms with Gasteiger partial charge >= 0.3 is 0 Å². The fourth-order valence-corrected chi connectivity index (χ4v) is 1.88.